The number of nitrogens with zero attached hydrogens (tertiary/aromatic N) is 1. The summed E-state index contributed by atoms with van der Waals surface area (Å²) in [6.07, 6.45) is 0.148. The Labute approximate surface area is 106 Å². The summed E-state index contributed by atoms with van der Waals surface area (Å²) < 4.78 is 6.98. The van der Waals surface area contributed by atoms with Crippen LogP contribution < -0.4 is 10.5 Å². The molecule has 1 atom stereocenters. The van der Waals surface area contributed by atoms with Gasteiger partial charge in [0.25, 0.3) is 0 Å². The summed E-state index contributed by atoms with van der Waals surface area (Å²) in [6, 6.07) is 3.88. The van der Waals surface area contributed by atoms with Crippen molar-refractivity contribution in [1.29, 1.82) is 0 Å². The van der Waals surface area contributed by atoms with Crippen molar-refractivity contribution in [2.45, 2.75) is 33.8 Å². The van der Waals surface area contributed by atoms with Gasteiger partial charge in [0.05, 0.1) is 27.0 Å². The van der Waals surface area contributed by atoms with Crippen LogP contribution in [0.3, 0.4) is 0 Å². The molecule has 4 heteroatoms. The van der Waals surface area contributed by atoms with Crippen molar-refractivity contribution in [3.05, 3.63) is 17.1 Å². The number of hydrogen-bond donors (Lipinski definition) is 1. The Morgan fingerprint density at radius 1 is 1.29 bits per heavy atom. The number of benzene rings is 1. The lowest BCUT2D eigenvalue weighted by Gasteiger charge is -2.19. The van der Waals surface area contributed by atoms with Gasteiger partial charge >= 0.3 is 0 Å². The van der Waals surface area contributed by atoms with Gasteiger partial charge in [-0.3, -0.25) is 0 Å². The molecule has 92 valence electrons. The van der Waals surface area contributed by atoms with E-state index in [1.54, 1.807) is 11.3 Å². The number of nitrogens with two attached hydrogens (primary N) is 1. The number of rotatable bonds is 3. The standard InChI is InChI=1S/C13H18N2OS/c1-7(2)8(3)16-12-6-11-13(5-10(12)14)17-9(4)15-11/h5-8H,14H2,1-4H3. The van der Waals surface area contributed by atoms with E-state index in [9.17, 15) is 0 Å². The molecule has 17 heavy (non-hydrogen) atoms. The van der Waals surface area contributed by atoms with Gasteiger partial charge in [-0.25, -0.2) is 4.98 Å². The van der Waals surface area contributed by atoms with Crippen molar-refractivity contribution >= 4 is 27.2 Å². The van der Waals surface area contributed by atoms with Crippen LogP contribution in [-0.4, -0.2) is 11.1 Å². The van der Waals surface area contributed by atoms with E-state index in [1.807, 2.05) is 19.1 Å². The van der Waals surface area contributed by atoms with Gasteiger partial charge < -0.3 is 10.5 Å². The summed E-state index contributed by atoms with van der Waals surface area (Å²) >= 11 is 1.65. The molecule has 3 nitrogen and oxygen atoms in total. The third kappa shape index (κ3) is 2.52. The monoisotopic (exact) mass is 250 g/mol. The minimum Gasteiger partial charge on any atom is -0.488 e. The van der Waals surface area contributed by atoms with Gasteiger partial charge in [0.1, 0.15) is 5.75 Å². The van der Waals surface area contributed by atoms with E-state index in [0.717, 1.165) is 21.0 Å². The van der Waals surface area contributed by atoms with E-state index in [1.165, 1.54) is 0 Å². The molecular formula is C13H18N2OS. The zero-order valence-corrected chi connectivity index (χ0v) is 11.5. The lowest BCUT2D eigenvalue weighted by atomic mass is 10.1. The highest BCUT2D eigenvalue weighted by Crippen LogP contribution is 2.32. The molecule has 1 unspecified atom stereocenters. The molecule has 0 radical (unpaired) electrons. The van der Waals surface area contributed by atoms with Gasteiger partial charge in [0.2, 0.25) is 0 Å². The van der Waals surface area contributed by atoms with Crippen LogP contribution >= 0.6 is 11.3 Å². The van der Waals surface area contributed by atoms with E-state index in [2.05, 4.69) is 25.8 Å². The van der Waals surface area contributed by atoms with E-state index in [4.69, 9.17) is 10.5 Å². The van der Waals surface area contributed by atoms with Crippen LogP contribution in [0.25, 0.3) is 10.2 Å². The Hall–Kier alpha value is -1.29. The van der Waals surface area contributed by atoms with Crippen molar-refractivity contribution in [3.8, 4) is 5.75 Å². The molecule has 1 heterocycles. The molecule has 0 saturated carbocycles. The average molecular weight is 250 g/mol. The Balaban J connectivity index is 2.36. The normalized spacial score (nSPS) is 13.2. The van der Waals surface area contributed by atoms with Crippen LogP contribution in [-0.2, 0) is 0 Å². The topological polar surface area (TPSA) is 48.1 Å². The number of aryl methyl sites for hydroxylation is 1. The summed E-state index contributed by atoms with van der Waals surface area (Å²) in [6.45, 7) is 8.32. The van der Waals surface area contributed by atoms with E-state index < -0.39 is 0 Å². The molecular weight excluding hydrogens is 232 g/mol. The van der Waals surface area contributed by atoms with Crippen molar-refractivity contribution in [2.75, 3.05) is 5.73 Å². The molecule has 0 amide bonds. The number of aromatic nitrogens is 1. The second-order valence-corrected chi connectivity index (χ2v) is 5.89. The van der Waals surface area contributed by atoms with Gasteiger partial charge in [-0.05, 0) is 25.8 Å². The second kappa shape index (κ2) is 4.53. The van der Waals surface area contributed by atoms with E-state index >= 15 is 0 Å². The van der Waals surface area contributed by atoms with E-state index in [-0.39, 0.29) is 6.10 Å². The largest absolute Gasteiger partial charge is 0.488 e. The quantitative estimate of drug-likeness (QED) is 0.846. The van der Waals surface area contributed by atoms with Crippen molar-refractivity contribution < 1.29 is 4.74 Å². The van der Waals surface area contributed by atoms with Crippen molar-refractivity contribution in [1.82, 2.24) is 4.98 Å². The Bertz CT molecular complexity index is 533. The molecule has 1 aromatic carbocycles. The first-order valence-corrected chi connectivity index (χ1v) is 6.62. The Morgan fingerprint density at radius 3 is 2.65 bits per heavy atom. The number of ether oxygens (including phenoxy) is 1. The number of fused-ring (bicyclic) bond motifs is 1. The maximum atomic E-state index is 6.00. The third-order valence-corrected chi connectivity index (χ3v) is 3.81. The number of thiazole rings is 1. The first-order valence-electron chi connectivity index (χ1n) is 5.80. The van der Waals surface area contributed by atoms with Crippen LogP contribution in [0.15, 0.2) is 12.1 Å². The molecule has 2 rings (SSSR count). The highest BCUT2D eigenvalue weighted by atomic mass is 32.1. The number of hydrogen-bond acceptors (Lipinski definition) is 4. The van der Waals surface area contributed by atoms with Crippen LogP contribution in [0.1, 0.15) is 25.8 Å². The zero-order chi connectivity index (χ0) is 12.6. The van der Waals surface area contributed by atoms with Crippen molar-refractivity contribution in [2.24, 2.45) is 5.92 Å². The lowest BCUT2D eigenvalue weighted by Crippen LogP contribution is -2.19. The predicted octanol–water partition coefficient (Wildman–Crippen LogP) is 3.61. The van der Waals surface area contributed by atoms with Crippen LogP contribution in [0, 0.1) is 12.8 Å². The smallest absolute Gasteiger partial charge is 0.144 e. The summed E-state index contributed by atoms with van der Waals surface area (Å²) in [5.74, 6) is 1.20. The Morgan fingerprint density at radius 2 is 2.00 bits per heavy atom. The molecule has 2 aromatic rings. The highest BCUT2D eigenvalue weighted by Gasteiger charge is 2.12. The van der Waals surface area contributed by atoms with Gasteiger partial charge in [-0.1, -0.05) is 13.8 Å². The minimum absolute atomic E-state index is 0.148. The fourth-order valence-corrected chi connectivity index (χ4v) is 2.38. The number of nitrogen functional groups attached to an aromatic ring is 1. The van der Waals surface area contributed by atoms with Crippen LogP contribution in [0.4, 0.5) is 5.69 Å². The van der Waals surface area contributed by atoms with Gasteiger partial charge in [0, 0.05) is 6.07 Å². The number of anilines is 1. The first kappa shape index (κ1) is 12.2. The minimum atomic E-state index is 0.148. The molecule has 0 saturated heterocycles. The molecule has 0 spiro atoms. The molecule has 0 aliphatic carbocycles. The lowest BCUT2D eigenvalue weighted by molar-refractivity contribution is 0.172. The van der Waals surface area contributed by atoms with Gasteiger partial charge in [0.15, 0.2) is 0 Å². The fraction of sp³-hybridized carbons (Fsp3) is 0.462. The van der Waals surface area contributed by atoms with Gasteiger partial charge in [-0.2, -0.15) is 0 Å². The average Bonchev–Trinajstić information content (AvgIpc) is 2.57. The molecule has 0 aliphatic heterocycles. The zero-order valence-electron chi connectivity index (χ0n) is 10.7. The van der Waals surface area contributed by atoms with Crippen LogP contribution in [0.5, 0.6) is 5.75 Å². The van der Waals surface area contributed by atoms with Crippen molar-refractivity contribution in [3.63, 3.8) is 0 Å². The summed E-state index contributed by atoms with van der Waals surface area (Å²) in [5, 5.41) is 1.05. The van der Waals surface area contributed by atoms with Crippen LogP contribution in [0.2, 0.25) is 0 Å². The molecule has 0 bridgehead atoms. The van der Waals surface area contributed by atoms with E-state index in [0.29, 0.717) is 11.6 Å². The molecule has 0 aliphatic rings. The summed E-state index contributed by atoms with van der Waals surface area (Å²) in [5.41, 5.74) is 7.65. The van der Waals surface area contributed by atoms with Gasteiger partial charge in [-0.15, -0.1) is 11.3 Å². The predicted molar refractivity (Wildman–Crippen MR) is 73.7 cm³/mol. The maximum absolute atomic E-state index is 6.00. The third-order valence-electron chi connectivity index (χ3n) is 2.88. The SMILES string of the molecule is Cc1nc2cc(OC(C)C(C)C)c(N)cc2s1. The molecule has 0 fully saturated rings. The molecule has 2 N–H and O–H groups in total. The second-order valence-electron chi connectivity index (χ2n) is 4.66. The maximum Gasteiger partial charge on any atom is 0.144 e. The Kier molecular flexibility index (Phi) is 3.24. The highest BCUT2D eigenvalue weighted by molar-refractivity contribution is 7.18. The summed E-state index contributed by atoms with van der Waals surface area (Å²) in [7, 11) is 0. The fourth-order valence-electron chi connectivity index (χ4n) is 1.52. The summed E-state index contributed by atoms with van der Waals surface area (Å²) in [4.78, 5) is 4.45. The first-order chi connectivity index (χ1) is 7.97. The molecule has 1 aromatic heterocycles.